The van der Waals surface area contributed by atoms with Gasteiger partial charge in [-0.05, 0) is 30.7 Å². The van der Waals surface area contributed by atoms with Crippen LogP contribution < -0.4 is 17.0 Å². The molecule has 0 bridgehead atoms. The second kappa shape index (κ2) is 6.03. The Balaban J connectivity index is 0.00000176. The molecular formula is C15H16ClN5O. The summed E-state index contributed by atoms with van der Waals surface area (Å²) in [6.45, 7) is 2.39. The van der Waals surface area contributed by atoms with Gasteiger partial charge in [-0.1, -0.05) is 12.1 Å². The molecule has 0 spiro atoms. The molecule has 0 unspecified atom stereocenters. The molecule has 0 saturated heterocycles. The highest BCUT2D eigenvalue weighted by molar-refractivity contribution is 5.85. The molecule has 0 radical (unpaired) electrons. The molecule has 0 aliphatic heterocycles. The lowest BCUT2D eigenvalue weighted by Crippen LogP contribution is -2.22. The first kappa shape index (κ1) is 15.8. The molecule has 22 heavy (non-hydrogen) atoms. The molecule has 114 valence electrons. The molecule has 1 aromatic carbocycles. The Kier molecular flexibility index (Phi) is 4.32. The Morgan fingerprint density at radius 2 is 2.00 bits per heavy atom. The number of hydrogen-bond donors (Lipinski definition) is 2. The van der Waals surface area contributed by atoms with Crippen LogP contribution in [0.1, 0.15) is 6.92 Å². The first-order valence-corrected chi connectivity index (χ1v) is 6.62. The molecule has 6 nitrogen and oxygen atoms in total. The number of fused-ring (bicyclic) bond motifs is 1. The molecule has 2 aromatic heterocycles. The van der Waals surface area contributed by atoms with E-state index in [1.807, 2.05) is 19.1 Å². The van der Waals surface area contributed by atoms with Crippen LogP contribution in [-0.2, 0) is 6.54 Å². The Morgan fingerprint density at radius 3 is 2.68 bits per heavy atom. The summed E-state index contributed by atoms with van der Waals surface area (Å²) < 4.78 is 1.59. The van der Waals surface area contributed by atoms with Crippen molar-refractivity contribution in [1.29, 1.82) is 0 Å². The summed E-state index contributed by atoms with van der Waals surface area (Å²) in [5.74, 6) is 0.154. The van der Waals surface area contributed by atoms with E-state index in [4.69, 9.17) is 11.5 Å². The van der Waals surface area contributed by atoms with Gasteiger partial charge in [-0.25, -0.2) is 4.98 Å². The quantitative estimate of drug-likeness (QED) is 0.705. The fourth-order valence-corrected chi connectivity index (χ4v) is 2.38. The predicted octanol–water partition coefficient (Wildman–Crippen LogP) is 2.06. The van der Waals surface area contributed by atoms with E-state index in [1.165, 1.54) is 0 Å². The molecular weight excluding hydrogens is 302 g/mol. The summed E-state index contributed by atoms with van der Waals surface area (Å²) in [7, 11) is 0. The first-order valence-electron chi connectivity index (χ1n) is 6.62. The van der Waals surface area contributed by atoms with Crippen molar-refractivity contribution in [3.63, 3.8) is 0 Å². The summed E-state index contributed by atoms with van der Waals surface area (Å²) in [6.07, 6.45) is 1.62. The number of aryl methyl sites for hydroxylation is 1. The largest absolute Gasteiger partial charge is 0.399 e. The summed E-state index contributed by atoms with van der Waals surface area (Å²) >= 11 is 0. The Bertz CT molecular complexity index is 891. The Hall–Kier alpha value is -2.60. The van der Waals surface area contributed by atoms with Gasteiger partial charge in [0.15, 0.2) is 0 Å². The Morgan fingerprint density at radius 1 is 1.23 bits per heavy atom. The standard InChI is InChI=1S/C15H15N5O.ClH/c1-2-20-13-10(8-18-15(17)19-13)7-12(14(20)21)9-4-3-5-11(16)6-9;/h3-8H,2,16H2,1H3,(H2,17,18,19);1H. The van der Waals surface area contributed by atoms with Gasteiger partial charge in [0.1, 0.15) is 5.65 Å². The summed E-state index contributed by atoms with van der Waals surface area (Å²) in [5.41, 5.74) is 13.8. The smallest absolute Gasteiger partial charge is 0.260 e. The number of hydrogen-bond acceptors (Lipinski definition) is 5. The van der Waals surface area contributed by atoms with Crippen LogP contribution in [0.15, 0.2) is 41.3 Å². The van der Waals surface area contributed by atoms with Gasteiger partial charge in [-0.3, -0.25) is 9.36 Å². The fourth-order valence-electron chi connectivity index (χ4n) is 2.38. The van der Waals surface area contributed by atoms with E-state index < -0.39 is 0 Å². The minimum atomic E-state index is -0.117. The van der Waals surface area contributed by atoms with Gasteiger partial charge >= 0.3 is 0 Å². The van der Waals surface area contributed by atoms with E-state index in [-0.39, 0.29) is 23.9 Å². The molecule has 0 atom stereocenters. The van der Waals surface area contributed by atoms with Crippen molar-refractivity contribution in [2.75, 3.05) is 11.5 Å². The SMILES string of the molecule is CCn1c(=O)c(-c2cccc(N)c2)cc2cnc(N)nc21.Cl. The van der Waals surface area contributed by atoms with Crippen LogP contribution in [0.2, 0.25) is 0 Å². The maximum Gasteiger partial charge on any atom is 0.260 e. The van der Waals surface area contributed by atoms with Crippen LogP contribution in [0.25, 0.3) is 22.2 Å². The van der Waals surface area contributed by atoms with Crippen LogP contribution in [0.3, 0.4) is 0 Å². The zero-order valence-corrected chi connectivity index (χ0v) is 12.8. The van der Waals surface area contributed by atoms with Gasteiger partial charge in [-0.15, -0.1) is 12.4 Å². The normalized spacial score (nSPS) is 10.4. The van der Waals surface area contributed by atoms with Crippen molar-refractivity contribution < 1.29 is 0 Å². The van der Waals surface area contributed by atoms with E-state index in [1.54, 1.807) is 29.0 Å². The van der Waals surface area contributed by atoms with Crippen LogP contribution in [-0.4, -0.2) is 14.5 Å². The minimum Gasteiger partial charge on any atom is -0.399 e. The molecule has 4 N–H and O–H groups in total. The number of nitrogens with two attached hydrogens (primary N) is 2. The van der Waals surface area contributed by atoms with Crippen molar-refractivity contribution in [2.24, 2.45) is 0 Å². The van der Waals surface area contributed by atoms with Crippen molar-refractivity contribution in [3.05, 3.63) is 46.9 Å². The number of halogens is 1. The number of rotatable bonds is 2. The molecule has 0 saturated carbocycles. The van der Waals surface area contributed by atoms with E-state index in [2.05, 4.69) is 9.97 Å². The van der Waals surface area contributed by atoms with Gasteiger partial charge < -0.3 is 11.5 Å². The van der Waals surface area contributed by atoms with Crippen molar-refractivity contribution in [2.45, 2.75) is 13.5 Å². The number of nitrogen functional groups attached to an aromatic ring is 2. The maximum absolute atomic E-state index is 12.7. The zero-order chi connectivity index (χ0) is 15.0. The van der Waals surface area contributed by atoms with Gasteiger partial charge in [0.05, 0.1) is 0 Å². The zero-order valence-electron chi connectivity index (χ0n) is 12.0. The van der Waals surface area contributed by atoms with Crippen molar-refractivity contribution in [3.8, 4) is 11.1 Å². The van der Waals surface area contributed by atoms with Gasteiger partial charge in [0.2, 0.25) is 5.95 Å². The van der Waals surface area contributed by atoms with Crippen LogP contribution >= 0.6 is 12.4 Å². The van der Waals surface area contributed by atoms with E-state index in [9.17, 15) is 4.79 Å². The third kappa shape index (κ3) is 2.60. The third-order valence-electron chi connectivity index (χ3n) is 3.36. The summed E-state index contributed by atoms with van der Waals surface area (Å²) in [5, 5.41) is 0.767. The number of anilines is 2. The fraction of sp³-hybridized carbons (Fsp3) is 0.133. The lowest BCUT2D eigenvalue weighted by atomic mass is 10.1. The average Bonchev–Trinajstić information content (AvgIpc) is 2.47. The lowest BCUT2D eigenvalue weighted by Gasteiger charge is -2.11. The highest BCUT2D eigenvalue weighted by Gasteiger charge is 2.12. The minimum absolute atomic E-state index is 0. The summed E-state index contributed by atoms with van der Waals surface area (Å²) in [4.78, 5) is 20.8. The topological polar surface area (TPSA) is 99.8 Å². The molecule has 0 aliphatic carbocycles. The summed E-state index contributed by atoms with van der Waals surface area (Å²) in [6, 6.07) is 9.02. The molecule has 7 heteroatoms. The molecule has 0 aliphatic rings. The second-order valence-corrected chi connectivity index (χ2v) is 4.74. The molecule has 3 aromatic rings. The number of pyridine rings is 1. The van der Waals surface area contributed by atoms with E-state index >= 15 is 0 Å². The molecule has 0 fully saturated rings. The van der Waals surface area contributed by atoms with Gasteiger partial charge in [0.25, 0.3) is 5.56 Å². The third-order valence-corrected chi connectivity index (χ3v) is 3.36. The molecule has 2 heterocycles. The highest BCUT2D eigenvalue weighted by atomic mass is 35.5. The van der Waals surface area contributed by atoms with Gasteiger partial charge in [0, 0.05) is 29.4 Å². The number of aromatic nitrogens is 3. The van der Waals surface area contributed by atoms with E-state index in [0.717, 1.165) is 10.9 Å². The molecule has 3 rings (SSSR count). The lowest BCUT2D eigenvalue weighted by molar-refractivity contribution is 0.751. The average molecular weight is 318 g/mol. The number of benzene rings is 1. The van der Waals surface area contributed by atoms with Crippen LogP contribution in [0.5, 0.6) is 0 Å². The van der Waals surface area contributed by atoms with Gasteiger partial charge in [-0.2, -0.15) is 4.98 Å². The van der Waals surface area contributed by atoms with Crippen molar-refractivity contribution in [1.82, 2.24) is 14.5 Å². The first-order chi connectivity index (χ1) is 10.1. The maximum atomic E-state index is 12.7. The second-order valence-electron chi connectivity index (χ2n) is 4.74. The monoisotopic (exact) mass is 317 g/mol. The van der Waals surface area contributed by atoms with Crippen LogP contribution in [0, 0.1) is 0 Å². The van der Waals surface area contributed by atoms with Crippen LogP contribution in [0.4, 0.5) is 11.6 Å². The number of nitrogens with zero attached hydrogens (tertiary/aromatic N) is 3. The predicted molar refractivity (Wildman–Crippen MR) is 91.0 cm³/mol. The van der Waals surface area contributed by atoms with E-state index in [0.29, 0.717) is 23.4 Å². The molecule has 0 amide bonds. The van der Waals surface area contributed by atoms with Crippen molar-refractivity contribution >= 4 is 35.1 Å². The Labute approximate surface area is 133 Å². The highest BCUT2D eigenvalue weighted by Crippen LogP contribution is 2.22.